The van der Waals surface area contributed by atoms with Crippen molar-refractivity contribution in [2.75, 3.05) is 12.8 Å². The molecule has 3 aromatic rings. The van der Waals surface area contributed by atoms with Crippen LogP contribution in [0.3, 0.4) is 0 Å². The lowest BCUT2D eigenvalue weighted by Crippen LogP contribution is -2.41. The molecule has 0 saturated heterocycles. The number of amides is 1. The lowest BCUT2D eigenvalue weighted by Gasteiger charge is -2.23. The van der Waals surface area contributed by atoms with Gasteiger partial charge in [0.1, 0.15) is 5.82 Å². The molecule has 0 spiro atoms. The highest BCUT2D eigenvalue weighted by molar-refractivity contribution is 7.88. The first-order valence-electron chi connectivity index (χ1n) is 9.42. The Labute approximate surface area is 176 Å². The van der Waals surface area contributed by atoms with Crippen molar-refractivity contribution in [2.45, 2.75) is 12.6 Å². The molecular formula is C23H23FN2O3S. The van der Waals surface area contributed by atoms with Crippen LogP contribution in [-0.2, 0) is 21.4 Å². The molecule has 3 rings (SSSR count). The van der Waals surface area contributed by atoms with Crippen molar-refractivity contribution in [1.29, 1.82) is 0 Å². The Morgan fingerprint density at radius 1 is 0.900 bits per heavy atom. The number of carbonyl (C=O) groups is 1. The average molecular weight is 427 g/mol. The van der Waals surface area contributed by atoms with Gasteiger partial charge in [-0.25, -0.2) is 12.8 Å². The van der Waals surface area contributed by atoms with Crippen LogP contribution in [0.25, 0.3) is 0 Å². The van der Waals surface area contributed by atoms with Gasteiger partial charge in [-0.05, 0) is 28.8 Å². The molecule has 30 heavy (non-hydrogen) atoms. The van der Waals surface area contributed by atoms with E-state index in [1.807, 2.05) is 60.7 Å². The van der Waals surface area contributed by atoms with Crippen LogP contribution in [0, 0.1) is 5.82 Å². The maximum Gasteiger partial charge on any atom is 0.236 e. The fourth-order valence-electron chi connectivity index (χ4n) is 3.10. The molecule has 0 aliphatic rings. The Kier molecular flexibility index (Phi) is 6.97. The third-order valence-electron chi connectivity index (χ3n) is 4.63. The first-order chi connectivity index (χ1) is 14.3. The molecule has 0 saturated carbocycles. The van der Waals surface area contributed by atoms with E-state index in [2.05, 4.69) is 5.32 Å². The highest BCUT2D eigenvalue weighted by Gasteiger charge is 2.23. The van der Waals surface area contributed by atoms with Crippen LogP contribution in [-0.4, -0.2) is 31.4 Å². The summed E-state index contributed by atoms with van der Waals surface area (Å²) in [6, 6.07) is 24.1. The molecule has 0 radical (unpaired) electrons. The van der Waals surface area contributed by atoms with Crippen LogP contribution in [0.1, 0.15) is 22.7 Å². The summed E-state index contributed by atoms with van der Waals surface area (Å²) in [7, 11) is -3.65. The van der Waals surface area contributed by atoms with Crippen molar-refractivity contribution >= 4 is 15.9 Å². The highest BCUT2D eigenvalue weighted by Crippen LogP contribution is 2.22. The number of carbonyl (C=O) groups excluding carboxylic acids is 1. The molecule has 1 amide bonds. The van der Waals surface area contributed by atoms with Crippen LogP contribution in [0.5, 0.6) is 0 Å². The number of halogens is 1. The zero-order valence-electron chi connectivity index (χ0n) is 16.5. The molecule has 0 aromatic heterocycles. The van der Waals surface area contributed by atoms with Crippen LogP contribution in [0.4, 0.5) is 4.39 Å². The number of rotatable bonds is 8. The summed E-state index contributed by atoms with van der Waals surface area (Å²) in [5.41, 5.74) is 2.38. The van der Waals surface area contributed by atoms with Gasteiger partial charge in [-0.2, -0.15) is 4.31 Å². The second kappa shape index (κ2) is 9.65. The van der Waals surface area contributed by atoms with Gasteiger partial charge in [0.25, 0.3) is 0 Å². The van der Waals surface area contributed by atoms with Gasteiger partial charge in [0.05, 0.1) is 18.8 Å². The predicted molar refractivity (Wildman–Crippen MR) is 115 cm³/mol. The van der Waals surface area contributed by atoms with Crippen molar-refractivity contribution < 1.29 is 17.6 Å². The summed E-state index contributed by atoms with van der Waals surface area (Å²) in [5, 5.41) is 2.94. The van der Waals surface area contributed by atoms with Gasteiger partial charge in [0, 0.05) is 6.54 Å². The first kappa shape index (κ1) is 21.7. The summed E-state index contributed by atoms with van der Waals surface area (Å²) in [5.74, 6) is -0.837. The number of hydrogen-bond acceptors (Lipinski definition) is 3. The fraction of sp³-hybridized carbons (Fsp3) is 0.174. The van der Waals surface area contributed by atoms with Gasteiger partial charge < -0.3 is 5.32 Å². The van der Waals surface area contributed by atoms with Crippen LogP contribution >= 0.6 is 0 Å². The third-order valence-corrected chi connectivity index (χ3v) is 5.83. The maximum absolute atomic E-state index is 13.1. The van der Waals surface area contributed by atoms with E-state index in [0.29, 0.717) is 5.56 Å². The molecule has 0 aliphatic heterocycles. The molecule has 0 bridgehead atoms. The van der Waals surface area contributed by atoms with Crippen molar-refractivity contribution in [3.63, 3.8) is 0 Å². The van der Waals surface area contributed by atoms with Gasteiger partial charge >= 0.3 is 0 Å². The number of hydrogen-bond donors (Lipinski definition) is 1. The molecule has 5 nitrogen and oxygen atoms in total. The highest BCUT2D eigenvalue weighted by atomic mass is 32.2. The summed E-state index contributed by atoms with van der Waals surface area (Å²) in [4.78, 5) is 12.8. The Bertz CT molecular complexity index is 1030. The van der Waals surface area contributed by atoms with E-state index in [4.69, 9.17) is 0 Å². The Balaban J connectivity index is 1.79. The number of sulfonamides is 1. The number of nitrogens with zero attached hydrogens (tertiary/aromatic N) is 1. The van der Waals surface area contributed by atoms with Gasteiger partial charge in [0.15, 0.2) is 0 Å². The van der Waals surface area contributed by atoms with E-state index in [1.54, 1.807) is 0 Å². The minimum Gasteiger partial charge on any atom is -0.344 e. The predicted octanol–water partition coefficient (Wildman–Crippen LogP) is 3.49. The standard InChI is InChI=1S/C23H23FN2O3S/c1-30(28,29)26(16-18-12-14-21(24)15-13-18)17-22(27)25-23(19-8-4-2-5-9-19)20-10-6-3-7-11-20/h2-15,23H,16-17H2,1H3,(H,25,27). The van der Waals surface area contributed by atoms with Gasteiger partial charge in [-0.1, -0.05) is 72.8 Å². The van der Waals surface area contributed by atoms with Gasteiger partial charge in [0.2, 0.25) is 15.9 Å². The largest absolute Gasteiger partial charge is 0.344 e. The number of nitrogens with one attached hydrogen (secondary N) is 1. The normalized spacial score (nSPS) is 11.6. The van der Waals surface area contributed by atoms with Gasteiger partial charge in [-0.15, -0.1) is 0 Å². The zero-order chi connectivity index (χ0) is 21.6. The van der Waals surface area contributed by atoms with E-state index < -0.39 is 27.8 Å². The molecule has 156 valence electrons. The Hall–Kier alpha value is -3.03. The molecule has 0 heterocycles. The van der Waals surface area contributed by atoms with E-state index in [0.717, 1.165) is 21.7 Å². The monoisotopic (exact) mass is 426 g/mol. The summed E-state index contributed by atoms with van der Waals surface area (Å²) in [6.07, 6.45) is 1.05. The van der Waals surface area contributed by atoms with Crippen LogP contribution in [0.15, 0.2) is 84.9 Å². The SMILES string of the molecule is CS(=O)(=O)N(CC(=O)NC(c1ccccc1)c1ccccc1)Cc1ccc(F)cc1. The topological polar surface area (TPSA) is 66.5 Å². The summed E-state index contributed by atoms with van der Waals surface area (Å²) in [6.45, 7) is -0.361. The minimum atomic E-state index is -3.65. The molecule has 1 N–H and O–H groups in total. The summed E-state index contributed by atoms with van der Waals surface area (Å²) < 4.78 is 38.7. The fourth-order valence-corrected chi connectivity index (χ4v) is 3.84. The molecule has 0 fully saturated rings. The van der Waals surface area contributed by atoms with Crippen molar-refractivity contribution in [3.8, 4) is 0 Å². The molecular weight excluding hydrogens is 403 g/mol. The molecule has 7 heteroatoms. The molecule has 0 atom stereocenters. The second-order valence-electron chi connectivity index (χ2n) is 6.98. The average Bonchev–Trinajstić information content (AvgIpc) is 2.73. The van der Waals surface area contributed by atoms with Crippen molar-refractivity contribution in [3.05, 3.63) is 107 Å². The van der Waals surface area contributed by atoms with E-state index in [9.17, 15) is 17.6 Å². The molecule has 0 aliphatic carbocycles. The molecule has 0 unspecified atom stereocenters. The maximum atomic E-state index is 13.1. The lowest BCUT2D eigenvalue weighted by atomic mass is 9.99. The smallest absolute Gasteiger partial charge is 0.236 e. The summed E-state index contributed by atoms with van der Waals surface area (Å²) >= 11 is 0. The van der Waals surface area contributed by atoms with Gasteiger partial charge in [-0.3, -0.25) is 4.79 Å². The van der Waals surface area contributed by atoms with Crippen LogP contribution in [0.2, 0.25) is 0 Å². The quantitative estimate of drug-likeness (QED) is 0.600. The van der Waals surface area contributed by atoms with Crippen molar-refractivity contribution in [1.82, 2.24) is 9.62 Å². The lowest BCUT2D eigenvalue weighted by molar-refractivity contribution is -0.121. The molecule has 3 aromatic carbocycles. The van der Waals surface area contributed by atoms with Crippen molar-refractivity contribution in [2.24, 2.45) is 0 Å². The minimum absolute atomic E-state index is 0.0200. The van der Waals surface area contributed by atoms with E-state index >= 15 is 0 Å². The van der Waals surface area contributed by atoms with E-state index in [-0.39, 0.29) is 13.1 Å². The first-order valence-corrected chi connectivity index (χ1v) is 11.3. The Morgan fingerprint density at radius 2 is 1.40 bits per heavy atom. The third kappa shape index (κ3) is 5.98. The van der Waals surface area contributed by atoms with Crippen LogP contribution < -0.4 is 5.32 Å². The second-order valence-corrected chi connectivity index (χ2v) is 8.96. The zero-order valence-corrected chi connectivity index (χ0v) is 17.3. The number of benzene rings is 3. The van der Waals surface area contributed by atoms with E-state index in [1.165, 1.54) is 24.3 Å². The Morgan fingerprint density at radius 3 is 1.87 bits per heavy atom.